The molecule has 0 spiro atoms. The number of terminal acetylenes is 1. The maximum Gasteiger partial charge on any atom is 0.573 e. The lowest BCUT2D eigenvalue weighted by atomic mass is 9.79. The number of rotatable bonds is 4. The molecule has 1 amide bonds. The number of benzene rings is 1. The van der Waals surface area contributed by atoms with Crippen LogP contribution < -0.4 is 9.64 Å². The highest BCUT2D eigenvalue weighted by atomic mass is 35.5. The molecule has 2 rings (SSSR count). The van der Waals surface area contributed by atoms with Crippen molar-refractivity contribution in [2.45, 2.75) is 44.2 Å². The molecule has 1 aromatic carbocycles. The molecule has 0 aliphatic carbocycles. The number of aliphatic carboxylic acids is 1. The van der Waals surface area contributed by atoms with Gasteiger partial charge in [-0.25, -0.2) is 4.79 Å². The zero-order chi connectivity index (χ0) is 21.3. The Bertz CT molecular complexity index is 833. The predicted molar refractivity (Wildman–Crippen MR) is 94.1 cm³/mol. The van der Waals surface area contributed by atoms with Crippen molar-refractivity contribution in [2.75, 3.05) is 11.5 Å². The first-order valence-corrected chi connectivity index (χ1v) is 8.42. The third-order valence-electron chi connectivity index (χ3n) is 4.28. The standard InChI is InChI=1S/C18H17ClF3NO5/c1-4-14(24)23(17(15(25)26)7-8-27-16(2,3)10-17)11-5-6-13(12(19)9-11)28-18(20,21)22/h1,5-6,9H,7-8,10H2,2-3H3,(H,25,26). The second-order valence-electron chi connectivity index (χ2n) is 6.82. The van der Waals surface area contributed by atoms with Crippen LogP contribution >= 0.6 is 11.6 Å². The number of nitrogens with zero attached hydrogens (tertiary/aromatic N) is 1. The van der Waals surface area contributed by atoms with Gasteiger partial charge in [-0.1, -0.05) is 11.6 Å². The fourth-order valence-electron chi connectivity index (χ4n) is 3.27. The lowest BCUT2D eigenvalue weighted by Gasteiger charge is -2.47. The third kappa shape index (κ3) is 4.51. The minimum atomic E-state index is -4.97. The molecule has 28 heavy (non-hydrogen) atoms. The lowest BCUT2D eigenvalue weighted by molar-refractivity contribution is -0.274. The van der Waals surface area contributed by atoms with Gasteiger partial charge in [0.05, 0.1) is 17.2 Å². The van der Waals surface area contributed by atoms with E-state index in [0.717, 1.165) is 23.1 Å². The lowest BCUT2D eigenvalue weighted by Crippen LogP contribution is -2.63. The van der Waals surface area contributed by atoms with E-state index in [1.54, 1.807) is 13.8 Å². The molecular weight excluding hydrogens is 403 g/mol. The molecule has 1 unspecified atom stereocenters. The van der Waals surface area contributed by atoms with Gasteiger partial charge in [0.2, 0.25) is 0 Å². The van der Waals surface area contributed by atoms with E-state index < -0.39 is 40.2 Å². The van der Waals surface area contributed by atoms with Crippen molar-refractivity contribution in [1.82, 2.24) is 0 Å². The van der Waals surface area contributed by atoms with E-state index in [0.29, 0.717) is 0 Å². The Morgan fingerprint density at radius 2 is 2.04 bits per heavy atom. The number of hydrogen-bond acceptors (Lipinski definition) is 4. The predicted octanol–water partition coefficient (Wildman–Crippen LogP) is 3.62. The molecule has 1 aliphatic rings. The van der Waals surface area contributed by atoms with Crippen LogP contribution in [0.5, 0.6) is 5.75 Å². The quantitative estimate of drug-likeness (QED) is 0.754. The maximum atomic E-state index is 12.5. The Hall–Kier alpha value is -2.44. The van der Waals surface area contributed by atoms with E-state index in [1.165, 1.54) is 0 Å². The topological polar surface area (TPSA) is 76.1 Å². The zero-order valence-corrected chi connectivity index (χ0v) is 15.7. The number of carbonyl (C=O) groups is 2. The second-order valence-corrected chi connectivity index (χ2v) is 7.23. The van der Waals surface area contributed by atoms with Gasteiger partial charge in [0, 0.05) is 18.5 Å². The van der Waals surface area contributed by atoms with Gasteiger partial charge in [-0.15, -0.1) is 19.6 Å². The van der Waals surface area contributed by atoms with Gasteiger partial charge in [-0.05, 0) is 38.0 Å². The highest BCUT2D eigenvalue weighted by molar-refractivity contribution is 6.32. The molecule has 1 saturated heterocycles. The van der Waals surface area contributed by atoms with Crippen LogP contribution in [0.2, 0.25) is 5.02 Å². The van der Waals surface area contributed by atoms with Crippen LogP contribution in [0.1, 0.15) is 26.7 Å². The molecule has 1 atom stereocenters. The van der Waals surface area contributed by atoms with Gasteiger partial charge in [0.15, 0.2) is 5.54 Å². The van der Waals surface area contributed by atoms with Crippen LogP contribution in [0.4, 0.5) is 18.9 Å². The molecule has 0 bridgehead atoms. The van der Waals surface area contributed by atoms with Crippen molar-refractivity contribution in [3.63, 3.8) is 0 Å². The minimum Gasteiger partial charge on any atom is -0.479 e. The van der Waals surface area contributed by atoms with E-state index in [1.807, 2.05) is 5.92 Å². The van der Waals surface area contributed by atoms with Crippen LogP contribution in [0.25, 0.3) is 0 Å². The van der Waals surface area contributed by atoms with Crippen LogP contribution in [0, 0.1) is 12.3 Å². The zero-order valence-electron chi connectivity index (χ0n) is 15.0. The Morgan fingerprint density at radius 3 is 2.50 bits per heavy atom. The van der Waals surface area contributed by atoms with E-state index in [4.69, 9.17) is 22.8 Å². The van der Waals surface area contributed by atoms with Gasteiger partial charge in [-0.2, -0.15) is 0 Å². The van der Waals surface area contributed by atoms with Crippen molar-refractivity contribution < 1.29 is 37.3 Å². The highest BCUT2D eigenvalue weighted by Crippen LogP contribution is 2.41. The normalized spacial score (nSPS) is 21.5. The van der Waals surface area contributed by atoms with Crippen molar-refractivity contribution >= 4 is 29.2 Å². The summed E-state index contributed by atoms with van der Waals surface area (Å²) in [4.78, 5) is 25.6. The molecule has 0 radical (unpaired) electrons. The molecule has 1 aromatic rings. The van der Waals surface area contributed by atoms with E-state index >= 15 is 0 Å². The Kier molecular flexibility index (Phi) is 5.87. The molecule has 1 heterocycles. The molecular formula is C18H17ClF3NO5. The number of carboxylic acid groups (broad SMARTS) is 1. The molecule has 1 N–H and O–H groups in total. The number of hydrogen-bond donors (Lipinski definition) is 1. The SMILES string of the molecule is C#CC(=O)N(c1ccc(OC(F)(F)F)c(Cl)c1)C1(C(=O)O)CCOC(C)(C)C1. The smallest absolute Gasteiger partial charge is 0.479 e. The summed E-state index contributed by atoms with van der Waals surface area (Å²) in [6, 6.07) is 2.99. The van der Waals surface area contributed by atoms with Crippen molar-refractivity contribution in [3.05, 3.63) is 23.2 Å². The third-order valence-corrected chi connectivity index (χ3v) is 4.57. The summed E-state index contributed by atoms with van der Waals surface area (Å²) in [6.45, 7) is 3.36. The van der Waals surface area contributed by atoms with E-state index in [2.05, 4.69) is 4.74 Å². The van der Waals surface area contributed by atoms with E-state index in [-0.39, 0.29) is 25.1 Å². The van der Waals surface area contributed by atoms with Crippen LogP contribution in [0.3, 0.4) is 0 Å². The summed E-state index contributed by atoms with van der Waals surface area (Å²) < 4.78 is 46.7. The summed E-state index contributed by atoms with van der Waals surface area (Å²) in [6.07, 6.45) is 0.0893. The van der Waals surface area contributed by atoms with Gasteiger partial charge in [0.1, 0.15) is 5.75 Å². The van der Waals surface area contributed by atoms with Crippen molar-refractivity contribution in [3.8, 4) is 18.1 Å². The van der Waals surface area contributed by atoms with Gasteiger partial charge >= 0.3 is 18.2 Å². The first-order valence-electron chi connectivity index (χ1n) is 8.05. The highest BCUT2D eigenvalue weighted by Gasteiger charge is 2.53. The fraction of sp³-hybridized carbons (Fsp3) is 0.444. The molecule has 1 fully saturated rings. The van der Waals surface area contributed by atoms with E-state index in [9.17, 15) is 27.9 Å². The van der Waals surface area contributed by atoms with Gasteiger partial charge in [-0.3, -0.25) is 9.69 Å². The number of carbonyl (C=O) groups excluding carboxylic acids is 1. The molecule has 1 aliphatic heterocycles. The van der Waals surface area contributed by atoms with Crippen LogP contribution in [-0.4, -0.2) is 41.1 Å². The average molecular weight is 420 g/mol. The molecule has 6 nitrogen and oxygen atoms in total. The number of halogens is 4. The molecule has 10 heteroatoms. The summed E-state index contributed by atoms with van der Waals surface area (Å²) in [5, 5.41) is 9.49. The number of ether oxygens (including phenoxy) is 2. The molecule has 0 aromatic heterocycles. The van der Waals surface area contributed by atoms with Crippen LogP contribution in [0.15, 0.2) is 18.2 Å². The maximum absolute atomic E-state index is 12.5. The van der Waals surface area contributed by atoms with Crippen molar-refractivity contribution in [2.24, 2.45) is 0 Å². The number of anilines is 1. The number of carboxylic acids is 1. The van der Waals surface area contributed by atoms with Crippen LogP contribution in [-0.2, 0) is 14.3 Å². The summed E-state index contributed by atoms with van der Waals surface area (Å²) in [5.41, 5.74) is -2.71. The van der Waals surface area contributed by atoms with Crippen molar-refractivity contribution in [1.29, 1.82) is 0 Å². The first kappa shape index (κ1) is 21.9. The molecule has 0 saturated carbocycles. The second kappa shape index (κ2) is 7.53. The molecule has 152 valence electrons. The monoisotopic (exact) mass is 419 g/mol. The van der Waals surface area contributed by atoms with Gasteiger partial charge < -0.3 is 14.6 Å². The Labute approximate surface area is 164 Å². The largest absolute Gasteiger partial charge is 0.573 e. The minimum absolute atomic E-state index is 0.0383. The Balaban J connectivity index is 2.58. The first-order chi connectivity index (χ1) is 12.8. The Morgan fingerprint density at radius 1 is 1.39 bits per heavy atom. The average Bonchev–Trinajstić information content (AvgIpc) is 2.55. The summed E-state index contributed by atoms with van der Waals surface area (Å²) in [7, 11) is 0. The number of alkyl halides is 3. The van der Waals surface area contributed by atoms with Gasteiger partial charge in [0.25, 0.3) is 0 Å². The summed E-state index contributed by atoms with van der Waals surface area (Å²) in [5.74, 6) is -1.12. The fourth-order valence-corrected chi connectivity index (χ4v) is 3.48. The summed E-state index contributed by atoms with van der Waals surface area (Å²) >= 11 is 5.86. The number of amides is 1.